The Bertz CT molecular complexity index is 940. The monoisotopic (exact) mass is 400 g/mol. The van der Waals surface area contributed by atoms with Gasteiger partial charge in [0.2, 0.25) is 0 Å². The molecule has 0 bridgehead atoms. The van der Waals surface area contributed by atoms with Crippen LogP contribution in [0.1, 0.15) is 81.0 Å². The summed E-state index contributed by atoms with van der Waals surface area (Å²) in [4.78, 5) is 0. The van der Waals surface area contributed by atoms with Gasteiger partial charge in [-0.2, -0.15) is 0 Å². The minimum atomic E-state index is 0.472. The number of aryl methyl sites for hydroxylation is 2. The fourth-order valence-corrected chi connectivity index (χ4v) is 7.11. The first kappa shape index (κ1) is 19.9. The van der Waals surface area contributed by atoms with Crippen LogP contribution in [0.5, 0.6) is 5.75 Å². The van der Waals surface area contributed by atoms with Crippen molar-refractivity contribution in [2.24, 2.45) is 17.3 Å². The molecule has 30 heavy (non-hydrogen) atoms. The number of benzene rings is 2. The highest BCUT2D eigenvalue weighted by molar-refractivity contribution is 5.47. The molecule has 0 amide bonds. The lowest BCUT2D eigenvalue weighted by Crippen LogP contribution is -2.40. The van der Waals surface area contributed by atoms with Crippen molar-refractivity contribution < 1.29 is 4.74 Å². The van der Waals surface area contributed by atoms with E-state index in [2.05, 4.69) is 69.3 Å². The van der Waals surface area contributed by atoms with Crippen molar-refractivity contribution in [3.8, 4) is 5.75 Å². The van der Waals surface area contributed by atoms with Crippen LogP contribution in [0.25, 0.3) is 0 Å². The van der Waals surface area contributed by atoms with Gasteiger partial charge in [0.1, 0.15) is 12.4 Å². The van der Waals surface area contributed by atoms with E-state index in [1.165, 1.54) is 49.7 Å². The van der Waals surface area contributed by atoms with E-state index in [1.807, 2.05) is 0 Å². The molecule has 0 saturated heterocycles. The van der Waals surface area contributed by atoms with Crippen LogP contribution in [-0.2, 0) is 19.4 Å². The summed E-state index contributed by atoms with van der Waals surface area (Å²) in [6.45, 7) is 7.76. The average Bonchev–Trinajstić information content (AvgIpc) is 3.13. The lowest BCUT2D eigenvalue weighted by atomic mass is 9.55. The number of hydrogen-bond donors (Lipinski definition) is 0. The smallest absolute Gasteiger partial charge is 0.123 e. The Kier molecular flexibility index (Phi) is 5.25. The van der Waals surface area contributed by atoms with Crippen LogP contribution in [0.4, 0.5) is 0 Å². The highest BCUT2D eigenvalue weighted by Gasteiger charge is 2.52. The van der Waals surface area contributed by atoms with E-state index in [-0.39, 0.29) is 0 Å². The number of hydrogen-bond acceptors (Lipinski definition) is 1. The summed E-state index contributed by atoms with van der Waals surface area (Å²) in [6.07, 6.45) is 11.5. The topological polar surface area (TPSA) is 9.23 Å². The predicted molar refractivity (Wildman–Crippen MR) is 125 cm³/mol. The molecular formula is C29H36O. The molecule has 3 aliphatic rings. The lowest BCUT2D eigenvalue weighted by Gasteiger charge is -2.49. The van der Waals surface area contributed by atoms with Gasteiger partial charge in [-0.05, 0) is 103 Å². The molecule has 2 aromatic carbocycles. The van der Waals surface area contributed by atoms with E-state index in [4.69, 9.17) is 4.74 Å². The summed E-state index contributed by atoms with van der Waals surface area (Å²) in [7, 11) is 0. The third-order valence-electron chi connectivity index (χ3n) is 8.72. The number of rotatable bonds is 4. The molecule has 2 aromatic rings. The van der Waals surface area contributed by atoms with Crippen LogP contribution < -0.4 is 4.74 Å². The van der Waals surface area contributed by atoms with Gasteiger partial charge in [0.15, 0.2) is 0 Å². The summed E-state index contributed by atoms with van der Waals surface area (Å²) in [6, 6.07) is 15.5. The largest absolute Gasteiger partial charge is 0.489 e. The first-order chi connectivity index (χ1) is 14.6. The molecular weight excluding hydrogens is 364 g/mol. The van der Waals surface area contributed by atoms with E-state index in [0.29, 0.717) is 12.0 Å². The van der Waals surface area contributed by atoms with Crippen molar-refractivity contribution in [2.45, 2.75) is 78.2 Å². The van der Waals surface area contributed by atoms with E-state index in [0.717, 1.165) is 29.9 Å². The van der Waals surface area contributed by atoms with E-state index in [1.54, 1.807) is 16.7 Å². The zero-order valence-electron chi connectivity index (χ0n) is 18.9. The normalized spacial score (nSPS) is 31.2. The molecule has 3 aliphatic carbocycles. The zero-order valence-corrected chi connectivity index (χ0v) is 18.9. The maximum absolute atomic E-state index is 6.32. The molecule has 0 unspecified atom stereocenters. The van der Waals surface area contributed by atoms with Crippen LogP contribution in [0.15, 0.2) is 54.1 Å². The van der Waals surface area contributed by atoms with Crippen LogP contribution in [0.3, 0.4) is 0 Å². The van der Waals surface area contributed by atoms with Gasteiger partial charge in [-0.1, -0.05) is 61.9 Å². The average molecular weight is 401 g/mol. The molecule has 0 spiro atoms. The molecule has 158 valence electrons. The molecule has 2 saturated carbocycles. The minimum Gasteiger partial charge on any atom is -0.489 e. The maximum Gasteiger partial charge on any atom is 0.123 e. The van der Waals surface area contributed by atoms with Gasteiger partial charge >= 0.3 is 0 Å². The minimum absolute atomic E-state index is 0.472. The number of allylic oxidation sites excluding steroid dienone is 2. The number of ether oxygens (including phenoxy) is 1. The second-order valence-corrected chi connectivity index (χ2v) is 10.0. The second kappa shape index (κ2) is 7.91. The van der Waals surface area contributed by atoms with Crippen LogP contribution in [0.2, 0.25) is 0 Å². The Labute approximate surface area is 182 Å². The summed E-state index contributed by atoms with van der Waals surface area (Å²) < 4.78 is 6.32. The summed E-state index contributed by atoms with van der Waals surface area (Å²) in [5.41, 5.74) is 8.06. The molecule has 0 aromatic heterocycles. The molecule has 4 atom stereocenters. The second-order valence-electron chi connectivity index (χ2n) is 10.0. The first-order valence-electron chi connectivity index (χ1n) is 12.1. The van der Waals surface area contributed by atoms with Gasteiger partial charge in [0, 0.05) is 0 Å². The van der Waals surface area contributed by atoms with Gasteiger partial charge in [-0.25, -0.2) is 0 Å². The molecule has 0 aliphatic heterocycles. The van der Waals surface area contributed by atoms with Crippen molar-refractivity contribution in [1.29, 1.82) is 0 Å². The quantitative estimate of drug-likeness (QED) is 0.479. The summed E-state index contributed by atoms with van der Waals surface area (Å²) >= 11 is 0. The molecule has 0 heterocycles. The van der Waals surface area contributed by atoms with Gasteiger partial charge < -0.3 is 4.74 Å². The predicted octanol–water partition coefficient (Wildman–Crippen LogP) is 7.63. The molecule has 1 nitrogen and oxygen atoms in total. The van der Waals surface area contributed by atoms with Crippen molar-refractivity contribution in [1.82, 2.24) is 0 Å². The van der Waals surface area contributed by atoms with Crippen molar-refractivity contribution in [3.63, 3.8) is 0 Å². The van der Waals surface area contributed by atoms with Crippen LogP contribution in [0, 0.1) is 17.3 Å². The molecule has 0 N–H and O–H groups in total. The van der Waals surface area contributed by atoms with Crippen LogP contribution in [-0.4, -0.2) is 0 Å². The Morgan fingerprint density at radius 3 is 2.67 bits per heavy atom. The summed E-state index contributed by atoms with van der Waals surface area (Å²) in [5, 5.41) is 0. The van der Waals surface area contributed by atoms with Crippen molar-refractivity contribution in [3.05, 3.63) is 76.4 Å². The van der Waals surface area contributed by atoms with Gasteiger partial charge in [-0.15, -0.1) is 0 Å². The van der Waals surface area contributed by atoms with Gasteiger partial charge in [-0.3, -0.25) is 0 Å². The zero-order chi connectivity index (χ0) is 20.7. The molecule has 5 rings (SSSR count). The van der Waals surface area contributed by atoms with Gasteiger partial charge in [0.05, 0.1) is 0 Å². The Balaban J connectivity index is 1.42. The number of fused-ring (bicyclic) bond motifs is 5. The Hall–Kier alpha value is -2.02. The summed E-state index contributed by atoms with van der Waals surface area (Å²) in [5.74, 6) is 3.62. The highest BCUT2D eigenvalue weighted by Crippen LogP contribution is 2.62. The molecule has 2 fully saturated rings. The molecule has 0 radical (unpaired) electrons. The van der Waals surface area contributed by atoms with Crippen molar-refractivity contribution in [2.75, 3.05) is 0 Å². The standard InChI is InChI=1S/C29H36O/c1-4-21-17-26-22(18-28(21)30-19-20-9-7-6-8-10-20)11-13-25-24(26)15-16-29(3)23(5-2)12-14-27(25)29/h5-10,17-18,24-25,27H,4,11-16,19H2,1-3H3/b23-5-/t24-,25+,27-,29+/m0/s1. The maximum atomic E-state index is 6.32. The molecule has 1 heteroatoms. The van der Waals surface area contributed by atoms with E-state index < -0.39 is 0 Å². The third kappa shape index (κ3) is 3.22. The highest BCUT2D eigenvalue weighted by atomic mass is 16.5. The van der Waals surface area contributed by atoms with Gasteiger partial charge in [0.25, 0.3) is 0 Å². The SMILES string of the molecule is C/C=C1/CC[C@H]2[C@@H]3CCc4cc(OCc5ccccc5)c(CC)cc4[C@H]3CC[C@]12C. The van der Waals surface area contributed by atoms with Crippen LogP contribution >= 0.6 is 0 Å². The van der Waals surface area contributed by atoms with E-state index >= 15 is 0 Å². The fraction of sp³-hybridized carbons (Fsp3) is 0.517. The Morgan fingerprint density at radius 2 is 1.90 bits per heavy atom. The fourth-order valence-electron chi connectivity index (χ4n) is 7.11. The Morgan fingerprint density at radius 1 is 1.07 bits per heavy atom. The third-order valence-corrected chi connectivity index (χ3v) is 8.72. The van der Waals surface area contributed by atoms with Crippen molar-refractivity contribution >= 4 is 0 Å². The lowest BCUT2D eigenvalue weighted by molar-refractivity contribution is 0.0812. The van der Waals surface area contributed by atoms with E-state index in [9.17, 15) is 0 Å². The first-order valence-corrected chi connectivity index (χ1v) is 12.1.